The van der Waals surface area contributed by atoms with Gasteiger partial charge in [0, 0.05) is 18.0 Å². The van der Waals surface area contributed by atoms with Gasteiger partial charge in [0.1, 0.15) is 11.6 Å². The van der Waals surface area contributed by atoms with Crippen molar-refractivity contribution in [3.8, 4) is 5.75 Å². The van der Waals surface area contributed by atoms with Gasteiger partial charge in [-0.05, 0) is 48.9 Å². The van der Waals surface area contributed by atoms with Gasteiger partial charge in [-0.1, -0.05) is 11.6 Å². The topological polar surface area (TPSA) is 84.5 Å². The second-order valence-electron chi connectivity index (χ2n) is 5.35. The van der Waals surface area contributed by atoms with Crippen LogP contribution in [0.1, 0.15) is 12.8 Å². The molecule has 0 radical (unpaired) electrons. The number of carbonyl (C=O) groups excluding carboxylic acids is 1. The third kappa shape index (κ3) is 5.69. The molecule has 140 valence electrons. The van der Waals surface area contributed by atoms with Crippen molar-refractivity contribution in [2.24, 2.45) is 0 Å². The van der Waals surface area contributed by atoms with Crippen LogP contribution >= 0.6 is 11.6 Å². The Morgan fingerprint density at radius 3 is 2.54 bits per heavy atom. The third-order valence-corrected chi connectivity index (χ3v) is 5.14. The number of carbonyl (C=O) groups is 1. The molecule has 0 unspecified atom stereocenters. The quantitative estimate of drug-likeness (QED) is 0.666. The van der Waals surface area contributed by atoms with Gasteiger partial charge >= 0.3 is 0 Å². The summed E-state index contributed by atoms with van der Waals surface area (Å²) in [5.74, 6) is -0.344. The van der Waals surface area contributed by atoms with E-state index in [1.165, 1.54) is 19.2 Å². The Morgan fingerprint density at radius 1 is 1.19 bits per heavy atom. The van der Waals surface area contributed by atoms with Crippen molar-refractivity contribution in [3.05, 3.63) is 53.3 Å². The Labute approximate surface area is 156 Å². The average Bonchev–Trinajstić information content (AvgIpc) is 2.59. The average molecular weight is 401 g/mol. The summed E-state index contributed by atoms with van der Waals surface area (Å²) in [5, 5.41) is 3.12. The molecule has 6 nitrogen and oxygen atoms in total. The van der Waals surface area contributed by atoms with Crippen LogP contribution in [0.25, 0.3) is 0 Å². The minimum absolute atomic E-state index is 0.0352. The smallest absolute Gasteiger partial charge is 0.240 e. The van der Waals surface area contributed by atoms with Gasteiger partial charge in [-0.15, -0.1) is 0 Å². The molecule has 0 saturated heterocycles. The fourth-order valence-corrected chi connectivity index (χ4v) is 3.39. The van der Waals surface area contributed by atoms with E-state index in [1.54, 1.807) is 18.2 Å². The molecule has 0 aliphatic rings. The first-order chi connectivity index (χ1) is 12.3. The predicted molar refractivity (Wildman–Crippen MR) is 97.5 cm³/mol. The molecule has 2 aromatic rings. The molecule has 0 aliphatic heterocycles. The van der Waals surface area contributed by atoms with Gasteiger partial charge < -0.3 is 10.1 Å². The van der Waals surface area contributed by atoms with E-state index in [0.717, 1.165) is 12.1 Å². The predicted octanol–water partition coefficient (Wildman–Crippen LogP) is 3.18. The molecule has 0 saturated carbocycles. The van der Waals surface area contributed by atoms with E-state index in [1.807, 2.05) is 0 Å². The maximum Gasteiger partial charge on any atom is 0.240 e. The fraction of sp³-hybridized carbons (Fsp3) is 0.235. The van der Waals surface area contributed by atoms with E-state index in [2.05, 4.69) is 10.0 Å². The summed E-state index contributed by atoms with van der Waals surface area (Å²) in [5.41, 5.74) is 0.442. The standard InChI is InChI=1S/C17H18ClFN2O4S/c1-25-16-9-4-12(18)11-15(16)21-17(22)3-2-10-20-26(23,24)14-7-5-13(19)6-8-14/h4-9,11,20H,2-3,10H2,1H3,(H,21,22). The van der Waals surface area contributed by atoms with Crippen molar-refractivity contribution in [2.75, 3.05) is 19.0 Å². The maximum atomic E-state index is 12.9. The number of rotatable bonds is 8. The minimum Gasteiger partial charge on any atom is -0.495 e. The summed E-state index contributed by atoms with van der Waals surface area (Å²) in [6.45, 7) is 0.0693. The number of amides is 1. The molecule has 0 heterocycles. The molecule has 0 spiro atoms. The van der Waals surface area contributed by atoms with Gasteiger partial charge in [0.15, 0.2) is 0 Å². The van der Waals surface area contributed by atoms with Crippen LogP contribution in [-0.4, -0.2) is 28.0 Å². The van der Waals surface area contributed by atoms with Crippen molar-refractivity contribution in [3.63, 3.8) is 0 Å². The highest BCUT2D eigenvalue weighted by Gasteiger charge is 2.14. The molecule has 0 atom stereocenters. The Morgan fingerprint density at radius 2 is 1.88 bits per heavy atom. The second-order valence-corrected chi connectivity index (χ2v) is 7.55. The van der Waals surface area contributed by atoms with E-state index in [-0.39, 0.29) is 30.2 Å². The molecule has 1 amide bonds. The summed E-state index contributed by atoms with van der Waals surface area (Å²) in [7, 11) is -2.26. The van der Waals surface area contributed by atoms with Gasteiger partial charge in [-0.25, -0.2) is 17.5 Å². The Balaban J connectivity index is 1.83. The highest BCUT2D eigenvalue weighted by molar-refractivity contribution is 7.89. The first-order valence-electron chi connectivity index (χ1n) is 7.70. The lowest BCUT2D eigenvalue weighted by atomic mass is 10.2. The number of ether oxygens (including phenoxy) is 1. The zero-order valence-electron chi connectivity index (χ0n) is 14.0. The van der Waals surface area contributed by atoms with Crippen LogP contribution < -0.4 is 14.8 Å². The Kier molecular flexibility index (Phi) is 6.96. The van der Waals surface area contributed by atoms with Crippen LogP contribution in [0, 0.1) is 5.82 Å². The van der Waals surface area contributed by atoms with Crippen LogP contribution in [0.15, 0.2) is 47.4 Å². The van der Waals surface area contributed by atoms with Crippen LogP contribution in [-0.2, 0) is 14.8 Å². The SMILES string of the molecule is COc1ccc(Cl)cc1NC(=O)CCCNS(=O)(=O)c1ccc(F)cc1. The largest absolute Gasteiger partial charge is 0.495 e. The van der Waals surface area contributed by atoms with Crippen LogP contribution in [0.2, 0.25) is 5.02 Å². The lowest BCUT2D eigenvalue weighted by Crippen LogP contribution is -2.25. The lowest BCUT2D eigenvalue weighted by molar-refractivity contribution is -0.116. The van der Waals surface area contributed by atoms with E-state index >= 15 is 0 Å². The van der Waals surface area contributed by atoms with Crippen LogP contribution in [0.3, 0.4) is 0 Å². The molecule has 2 rings (SSSR count). The summed E-state index contributed by atoms with van der Waals surface area (Å²) in [6, 6.07) is 9.33. The number of sulfonamides is 1. The van der Waals surface area contributed by atoms with Gasteiger partial charge in [0.25, 0.3) is 0 Å². The molecule has 2 N–H and O–H groups in total. The first kappa shape index (κ1) is 20.2. The van der Waals surface area contributed by atoms with Gasteiger partial charge in [0.05, 0.1) is 17.7 Å². The van der Waals surface area contributed by atoms with E-state index in [4.69, 9.17) is 16.3 Å². The van der Waals surface area contributed by atoms with Gasteiger partial charge in [-0.2, -0.15) is 0 Å². The monoisotopic (exact) mass is 400 g/mol. The molecule has 0 fully saturated rings. The van der Waals surface area contributed by atoms with Crippen molar-refractivity contribution in [1.29, 1.82) is 0 Å². The molecular weight excluding hydrogens is 383 g/mol. The maximum absolute atomic E-state index is 12.9. The normalized spacial score (nSPS) is 11.2. The number of methoxy groups -OCH3 is 1. The summed E-state index contributed by atoms with van der Waals surface area (Å²) < 4.78 is 44.4. The third-order valence-electron chi connectivity index (χ3n) is 3.43. The highest BCUT2D eigenvalue weighted by atomic mass is 35.5. The minimum atomic E-state index is -3.74. The number of benzene rings is 2. The van der Waals surface area contributed by atoms with E-state index < -0.39 is 15.8 Å². The molecular formula is C17H18ClFN2O4S. The number of hydrogen-bond donors (Lipinski definition) is 2. The van der Waals surface area contributed by atoms with Crippen LogP contribution in [0.4, 0.5) is 10.1 Å². The first-order valence-corrected chi connectivity index (χ1v) is 9.56. The lowest BCUT2D eigenvalue weighted by Gasteiger charge is -2.11. The zero-order valence-corrected chi connectivity index (χ0v) is 15.5. The summed E-state index contributed by atoms with van der Waals surface area (Å²) >= 11 is 5.90. The Hall–Kier alpha value is -2.16. The number of anilines is 1. The van der Waals surface area contributed by atoms with E-state index in [0.29, 0.717) is 16.5 Å². The zero-order chi connectivity index (χ0) is 19.2. The highest BCUT2D eigenvalue weighted by Crippen LogP contribution is 2.27. The van der Waals surface area contributed by atoms with Crippen molar-refractivity contribution < 1.29 is 22.3 Å². The number of nitrogens with one attached hydrogen (secondary N) is 2. The summed E-state index contributed by atoms with van der Waals surface area (Å²) in [6.07, 6.45) is 0.386. The molecule has 0 aliphatic carbocycles. The molecule has 0 aromatic heterocycles. The Bertz CT molecular complexity index is 873. The van der Waals surface area contributed by atoms with Crippen molar-refractivity contribution >= 4 is 33.2 Å². The fourth-order valence-electron chi connectivity index (χ4n) is 2.14. The molecule has 2 aromatic carbocycles. The summed E-state index contributed by atoms with van der Waals surface area (Å²) in [4.78, 5) is 12.0. The molecule has 9 heteroatoms. The number of halogens is 2. The number of hydrogen-bond acceptors (Lipinski definition) is 4. The van der Waals surface area contributed by atoms with E-state index in [9.17, 15) is 17.6 Å². The molecule has 0 bridgehead atoms. The van der Waals surface area contributed by atoms with Crippen molar-refractivity contribution in [1.82, 2.24) is 4.72 Å². The van der Waals surface area contributed by atoms with Gasteiger partial charge in [0.2, 0.25) is 15.9 Å². The van der Waals surface area contributed by atoms with Gasteiger partial charge in [-0.3, -0.25) is 4.79 Å². The van der Waals surface area contributed by atoms with Crippen LogP contribution in [0.5, 0.6) is 5.75 Å². The van der Waals surface area contributed by atoms with Crippen molar-refractivity contribution in [2.45, 2.75) is 17.7 Å². The second kappa shape index (κ2) is 8.98. The molecule has 26 heavy (non-hydrogen) atoms.